The number of nitrogen functional groups attached to an aromatic ring is 1. The molecule has 0 unspecified atom stereocenters. The lowest BCUT2D eigenvalue weighted by atomic mass is 10.0. The van der Waals surface area contributed by atoms with Gasteiger partial charge < -0.3 is 25.3 Å². The van der Waals surface area contributed by atoms with Crippen molar-refractivity contribution in [3.63, 3.8) is 0 Å². The highest BCUT2D eigenvalue weighted by Gasteiger charge is 2.20. The van der Waals surface area contributed by atoms with E-state index in [1.54, 1.807) is 25.4 Å². The number of halogens is 1. The fourth-order valence-electron chi connectivity index (χ4n) is 4.64. The van der Waals surface area contributed by atoms with Crippen LogP contribution in [0, 0.1) is 18.9 Å². The molecule has 3 heterocycles. The van der Waals surface area contributed by atoms with Crippen LogP contribution in [0.3, 0.4) is 0 Å². The highest BCUT2D eigenvalue weighted by Crippen LogP contribution is 2.32. The highest BCUT2D eigenvalue weighted by atomic mass is 35.5. The number of aromatic amines is 1. The van der Waals surface area contributed by atoms with Crippen LogP contribution in [-0.4, -0.2) is 66.1 Å². The first-order chi connectivity index (χ1) is 19.3. The number of ether oxygens (including phenoxy) is 1. The maximum atomic E-state index is 13.4. The molecule has 40 heavy (non-hydrogen) atoms. The van der Waals surface area contributed by atoms with Gasteiger partial charge in [0.15, 0.2) is 0 Å². The van der Waals surface area contributed by atoms with Crippen LogP contribution in [0.5, 0.6) is 5.75 Å². The average molecular weight is 556 g/mol. The zero-order chi connectivity index (χ0) is 28.2. The van der Waals surface area contributed by atoms with E-state index in [2.05, 4.69) is 49.1 Å². The monoisotopic (exact) mass is 555 g/mol. The number of anilines is 2. The number of nitrogens with two attached hydrogens (primary N) is 1. The van der Waals surface area contributed by atoms with Gasteiger partial charge in [-0.15, -0.1) is 0 Å². The summed E-state index contributed by atoms with van der Waals surface area (Å²) < 4.78 is 5.61. The fraction of sp³-hybridized carbons (Fsp3) is 0.233. The van der Waals surface area contributed by atoms with E-state index in [1.807, 2.05) is 43.3 Å². The zero-order valence-corrected chi connectivity index (χ0v) is 23.3. The molecule has 0 radical (unpaired) electrons. The number of methoxy groups -OCH3 is 1. The number of rotatable bonds is 5. The van der Waals surface area contributed by atoms with Crippen LogP contribution in [0.1, 0.15) is 21.5 Å². The third kappa shape index (κ3) is 5.88. The van der Waals surface area contributed by atoms with E-state index in [0.717, 1.165) is 43.0 Å². The molecule has 0 bridgehead atoms. The van der Waals surface area contributed by atoms with Crippen LogP contribution >= 0.6 is 11.6 Å². The molecule has 4 N–H and O–H groups in total. The second-order valence-electron chi connectivity index (χ2n) is 9.61. The van der Waals surface area contributed by atoms with Crippen LogP contribution in [0.15, 0.2) is 54.7 Å². The number of aromatic nitrogens is 3. The first-order valence-corrected chi connectivity index (χ1v) is 13.2. The first-order valence-electron chi connectivity index (χ1n) is 12.8. The minimum absolute atomic E-state index is 0.136. The number of carbonyl (C=O) groups excluding carboxylic acids is 1. The van der Waals surface area contributed by atoms with E-state index >= 15 is 0 Å². The number of aryl methyl sites for hydroxylation is 1. The molecule has 1 aliphatic rings. The minimum atomic E-state index is -0.376. The molecule has 10 heteroatoms. The Morgan fingerprint density at radius 1 is 1.12 bits per heavy atom. The molecule has 9 nitrogen and oxygen atoms in total. The molecule has 5 rings (SSSR count). The lowest BCUT2D eigenvalue weighted by Gasteiger charge is -2.34. The molecule has 0 spiro atoms. The van der Waals surface area contributed by atoms with Gasteiger partial charge in [-0.2, -0.15) is 0 Å². The SMILES string of the molecule is COc1cc(N2CCN(C)CC2)ccc1C#CNC(=O)c1cc(-c2ccnc(N)n2)[nH]c1-c1cc(Cl)ccc1C. The summed E-state index contributed by atoms with van der Waals surface area (Å²) in [5.41, 5.74) is 11.5. The predicted octanol–water partition coefficient (Wildman–Crippen LogP) is 4.18. The van der Waals surface area contributed by atoms with Crippen LogP contribution in [-0.2, 0) is 0 Å². The van der Waals surface area contributed by atoms with Gasteiger partial charge in [-0.05, 0) is 61.9 Å². The zero-order valence-electron chi connectivity index (χ0n) is 22.6. The molecule has 4 aromatic rings. The number of hydrogen-bond acceptors (Lipinski definition) is 7. The normalized spacial score (nSPS) is 13.4. The maximum absolute atomic E-state index is 13.4. The summed E-state index contributed by atoms with van der Waals surface area (Å²) in [6, 6.07) is 17.7. The lowest BCUT2D eigenvalue weighted by molar-refractivity contribution is 0.0974. The standard InChI is InChI=1S/C30H30ClN7O2/c1-19-4-6-21(31)16-23(19)28-24(18-26(35-28)25-9-11-34-30(32)36-25)29(39)33-10-8-20-5-7-22(17-27(20)40-3)38-14-12-37(2)13-15-38/h4-7,9,11,16-18,35H,12-15H2,1-3H3,(H,33,39)(H2,32,34,36). The summed E-state index contributed by atoms with van der Waals surface area (Å²) in [6.07, 6.45) is 1.57. The Morgan fingerprint density at radius 2 is 1.93 bits per heavy atom. The lowest BCUT2D eigenvalue weighted by Crippen LogP contribution is -2.44. The van der Waals surface area contributed by atoms with Crippen molar-refractivity contribution in [3.05, 3.63) is 76.4 Å². The van der Waals surface area contributed by atoms with Gasteiger partial charge in [0.1, 0.15) is 5.75 Å². The van der Waals surface area contributed by atoms with Crippen LogP contribution in [0.25, 0.3) is 22.6 Å². The molecule has 2 aromatic carbocycles. The van der Waals surface area contributed by atoms with Crippen LogP contribution < -0.4 is 20.7 Å². The van der Waals surface area contributed by atoms with Gasteiger partial charge in [0.2, 0.25) is 5.95 Å². The van der Waals surface area contributed by atoms with Crippen molar-refractivity contribution < 1.29 is 9.53 Å². The molecule has 0 aliphatic carbocycles. The largest absolute Gasteiger partial charge is 0.495 e. The highest BCUT2D eigenvalue weighted by molar-refractivity contribution is 6.31. The Kier molecular flexibility index (Phi) is 7.91. The van der Waals surface area contributed by atoms with Gasteiger partial charge in [-0.25, -0.2) is 9.97 Å². The molecule has 204 valence electrons. The van der Waals surface area contributed by atoms with Crippen LogP contribution in [0.2, 0.25) is 5.02 Å². The first kappa shape index (κ1) is 27.1. The number of nitrogens with one attached hydrogen (secondary N) is 2. The van der Waals surface area contributed by atoms with E-state index < -0.39 is 0 Å². The number of benzene rings is 2. The molecule has 1 aliphatic heterocycles. The maximum Gasteiger partial charge on any atom is 0.264 e. The molecule has 0 atom stereocenters. The molecule has 2 aromatic heterocycles. The van der Waals surface area contributed by atoms with Crippen molar-refractivity contribution in [2.75, 3.05) is 51.0 Å². The average Bonchev–Trinajstić information content (AvgIpc) is 3.40. The van der Waals surface area contributed by atoms with E-state index in [-0.39, 0.29) is 11.9 Å². The Balaban J connectivity index is 1.42. The number of nitrogens with zero attached hydrogens (tertiary/aromatic N) is 4. The predicted molar refractivity (Wildman–Crippen MR) is 158 cm³/mol. The molecule has 0 saturated carbocycles. The summed E-state index contributed by atoms with van der Waals surface area (Å²) in [5, 5.41) is 3.28. The number of hydrogen-bond donors (Lipinski definition) is 3. The molecule has 1 saturated heterocycles. The van der Waals surface area contributed by atoms with Crippen molar-refractivity contribution >= 4 is 29.1 Å². The smallest absolute Gasteiger partial charge is 0.264 e. The quantitative estimate of drug-likeness (QED) is 0.250. The number of likely N-dealkylation sites (N-methyl/N-ethyl adjacent to an activating group) is 1. The summed E-state index contributed by atoms with van der Waals surface area (Å²) in [5.74, 6) is 3.44. The summed E-state index contributed by atoms with van der Waals surface area (Å²) in [7, 11) is 3.75. The molecule has 1 amide bonds. The molecule has 1 fully saturated rings. The number of piperazine rings is 1. The number of carbonyl (C=O) groups is 1. The van der Waals surface area contributed by atoms with Crippen molar-refractivity contribution in [2.24, 2.45) is 0 Å². The van der Waals surface area contributed by atoms with Gasteiger partial charge in [0, 0.05) is 60.8 Å². The van der Waals surface area contributed by atoms with Crippen molar-refractivity contribution in [2.45, 2.75) is 6.92 Å². The number of amides is 1. The fourth-order valence-corrected chi connectivity index (χ4v) is 4.81. The third-order valence-corrected chi connectivity index (χ3v) is 7.14. The van der Waals surface area contributed by atoms with Gasteiger partial charge >= 0.3 is 0 Å². The minimum Gasteiger partial charge on any atom is -0.495 e. The van der Waals surface area contributed by atoms with E-state index in [4.69, 9.17) is 22.1 Å². The topological polar surface area (TPSA) is 112 Å². The van der Waals surface area contributed by atoms with Crippen molar-refractivity contribution in [1.82, 2.24) is 25.2 Å². The molecular weight excluding hydrogens is 526 g/mol. The Morgan fingerprint density at radius 3 is 2.67 bits per heavy atom. The summed E-state index contributed by atoms with van der Waals surface area (Å²) >= 11 is 6.30. The molecular formula is C30H30ClN7O2. The van der Waals surface area contributed by atoms with Crippen molar-refractivity contribution in [1.29, 1.82) is 0 Å². The van der Waals surface area contributed by atoms with E-state index in [0.29, 0.717) is 39.0 Å². The number of H-pyrrole nitrogens is 1. The third-order valence-electron chi connectivity index (χ3n) is 6.91. The second-order valence-corrected chi connectivity index (χ2v) is 10.0. The Bertz CT molecular complexity index is 1610. The van der Waals surface area contributed by atoms with Gasteiger partial charge in [0.25, 0.3) is 5.91 Å². The Labute approximate surface area is 238 Å². The Hall–Kier alpha value is -4.52. The van der Waals surface area contributed by atoms with Gasteiger partial charge in [-0.1, -0.05) is 17.7 Å². The summed E-state index contributed by atoms with van der Waals surface area (Å²) in [4.78, 5) is 29.6. The van der Waals surface area contributed by atoms with Crippen LogP contribution in [0.4, 0.5) is 11.6 Å². The van der Waals surface area contributed by atoms with E-state index in [1.165, 1.54) is 0 Å². The van der Waals surface area contributed by atoms with Crippen molar-refractivity contribution in [3.8, 4) is 40.4 Å². The second kappa shape index (κ2) is 11.7. The summed E-state index contributed by atoms with van der Waals surface area (Å²) in [6.45, 7) is 5.88. The van der Waals surface area contributed by atoms with Gasteiger partial charge in [0.05, 0.1) is 35.3 Å². The van der Waals surface area contributed by atoms with Gasteiger partial charge in [-0.3, -0.25) is 10.1 Å². The van der Waals surface area contributed by atoms with E-state index in [9.17, 15) is 4.79 Å².